The van der Waals surface area contributed by atoms with Crippen LogP contribution in [0.2, 0.25) is 5.02 Å². The Morgan fingerprint density at radius 2 is 1.84 bits per heavy atom. The first-order valence-corrected chi connectivity index (χ1v) is 15.9. The highest BCUT2D eigenvalue weighted by Crippen LogP contribution is 2.33. The van der Waals surface area contributed by atoms with Gasteiger partial charge >= 0.3 is 0 Å². The number of aromatic nitrogens is 2. The van der Waals surface area contributed by atoms with Crippen LogP contribution >= 0.6 is 11.6 Å². The van der Waals surface area contributed by atoms with E-state index in [0.29, 0.717) is 53.1 Å². The van der Waals surface area contributed by atoms with Crippen molar-refractivity contribution in [3.05, 3.63) is 70.1 Å². The number of rotatable bonds is 8. The fourth-order valence-electron chi connectivity index (χ4n) is 6.10. The molecule has 0 spiro atoms. The van der Waals surface area contributed by atoms with Crippen LogP contribution in [0.5, 0.6) is 0 Å². The number of fused-ring (bicyclic) bond motifs is 1. The highest BCUT2D eigenvalue weighted by atomic mass is 35.5. The molecule has 3 aliphatic heterocycles. The lowest BCUT2D eigenvalue weighted by atomic mass is 10.0. The van der Waals surface area contributed by atoms with E-state index < -0.39 is 12.1 Å². The summed E-state index contributed by atoms with van der Waals surface area (Å²) in [7, 11) is 2.08. The van der Waals surface area contributed by atoms with Gasteiger partial charge in [0.05, 0.1) is 23.0 Å². The fraction of sp³-hybridized carbons (Fsp3) is 0.455. The lowest BCUT2D eigenvalue weighted by molar-refractivity contribution is -0.125. The Morgan fingerprint density at radius 1 is 1.09 bits per heavy atom. The maximum atomic E-state index is 14.6. The second kappa shape index (κ2) is 13.3. The number of carbonyl (C=O) groups is 2. The smallest absolute Gasteiger partial charge is 0.255 e. The number of likely N-dealkylation sites (N-methyl/N-ethyl adjacent to an activating group) is 1. The van der Waals surface area contributed by atoms with Crippen LogP contribution in [0.25, 0.3) is 11.3 Å². The minimum absolute atomic E-state index is 0.221. The van der Waals surface area contributed by atoms with Crippen molar-refractivity contribution in [3.8, 4) is 11.3 Å². The van der Waals surface area contributed by atoms with Crippen LogP contribution in [0.1, 0.15) is 54.2 Å². The van der Waals surface area contributed by atoms with Crippen molar-refractivity contribution >= 4 is 35.1 Å². The zero-order valence-electron chi connectivity index (χ0n) is 25.9. The van der Waals surface area contributed by atoms with Gasteiger partial charge in [0, 0.05) is 68.8 Å². The van der Waals surface area contributed by atoms with Crippen molar-refractivity contribution in [2.75, 3.05) is 56.7 Å². The highest BCUT2D eigenvalue weighted by Gasteiger charge is 2.35. The molecule has 2 aromatic carbocycles. The van der Waals surface area contributed by atoms with Gasteiger partial charge in [-0.05, 0) is 69.1 Å². The molecular formula is C33H39ClFN7O3. The van der Waals surface area contributed by atoms with E-state index in [4.69, 9.17) is 16.3 Å². The molecule has 238 valence electrons. The molecular weight excluding hydrogens is 597 g/mol. The SMILES string of the molecule is CC(NC(=O)C(C)N1Cc2ccc(-c3nc(NC4CCOCC4)ncc3Cl)cc2C1=O)c1cc(F)cc(N2CCN(C)CC2)c1. The molecule has 2 saturated heterocycles. The Labute approximate surface area is 267 Å². The second-order valence-electron chi connectivity index (χ2n) is 12.2. The van der Waals surface area contributed by atoms with Gasteiger partial charge < -0.3 is 30.1 Å². The minimum Gasteiger partial charge on any atom is -0.381 e. The molecule has 2 N–H and O–H groups in total. The first kappa shape index (κ1) is 31.2. The molecule has 1 aromatic heterocycles. The molecule has 4 heterocycles. The van der Waals surface area contributed by atoms with Crippen molar-refractivity contribution < 1.29 is 18.7 Å². The largest absolute Gasteiger partial charge is 0.381 e. The zero-order chi connectivity index (χ0) is 31.7. The third kappa shape index (κ3) is 6.90. The van der Waals surface area contributed by atoms with Crippen molar-refractivity contribution in [1.29, 1.82) is 0 Å². The van der Waals surface area contributed by atoms with Crippen molar-refractivity contribution in [2.45, 2.75) is 51.4 Å². The topological polar surface area (TPSA) is 103 Å². The van der Waals surface area contributed by atoms with Crippen LogP contribution < -0.4 is 15.5 Å². The van der Waals surface area contributed by atoms with E-state index in [0.717, 1.165) is 50.3 Å². The van der Waals surface area contributed by atoms with E-state index in [1.807, 2.05) is 25.1 Å². The monoisotopic (exact) mass is 635 g/mol. The summed E-state index contributed by atoms with van der Waals surface area (Å²) in [6.07, 6.45) is 3.30. The number of hydrogen-bond donors (Lipinski definition) is 2. The Bertz CT molecular complexity index is 1580. The first-order chi connectivity index (χ1) is 21.7. The van der Waals surface area contributed by atoms with Crippen LogP contribution in [0.4, 0.5) is 16.0 Å². The van der Waals surface area contributed by atoms with Crippen molar-refractivity contribution in [2.24, 2.45) is 0 Å². The highest BCUT2D eigenvalue weighted by molar-refractivity contribution is 6.33. The quantitative estimate of drug-likeness (QED) is 0.373. The summed E-state index contributed by atoms with van der Waals surface area (Å²) in [5.74, 6) is -0.414. The van der Waals surface area contributed by atoms with E-state index in [1.165, 1.54) is 6.07 Å². The Hall–Kier alpha value is -3.80. The van der Waals surface area contributed by atoms with Crippen LogP contribution in [0, 0.1) is 5.82 Å². The van der Waals surface area contributed by atoms with Gasteiger partial charge in [0.15, 0.2) is 0 Å². The normalized spacial score (nSPS) is 18.9. The van der Waals surface area contributed by atoms with Crippen LogP contribution in [0.15, 0.2) is 42.6 Å². The molecule has 3 aliphatic rings. The lowest BCUT2D eigenvalue weighted by Crippen LogP contribution is -2.46. The van der Waals surface area contributed by atoms with Gasteiger partial charge in [0.1, 0.15) is 11.9 Å². The number of benzene rings is 2. The molecule has 3 aromatic rings. The maximum absolute atomic E-state index is 14.6. The van der Waals surface area contributed by atoms with Crippen molar-refractivity contribution in [1.82, 2.24) is 25.1 Å². The standard InChI is InChI=1S/C33H39ClFN7O3/c1-20(24-14-25(35)17-27(15-24)41-10-8-40(3)9-11-41)37-31(43)21(2)42-19-23-5-4-22(16-28(23)32(42)44)30-29(34)18-36-33(39-30)38-26-6-12-45-13-7-26/h4-5,14-18,20-21,26H,6-13,19H2,1-3H3,(H,37,43)(H,36,38,39). The molecule has 2 atom stereocenters. The Morgan fingerprint density at radius 3 is 2.60 bits per heavy atom. The average molecular weight is 636 g/mol. The van der Waals surface area contributed by atoms with Gasteiger partial charge in [-0.1, -0.05) is 23.7 Å². The number of ether oxygens (including phenoxy) is 1. The molecule has 45 heavy (non-hydrogen) atoms. The maximum Gasteiger partial charge on any atom is 0.255 e. The van der Waals surface area contributed by atoms with E-state index in [9.17, 15) is 14.0 Å². The van der Waals surface area contributed by atoms with Gasteiger partial charge in [0.25, 0.3) is 5.91 Å². The molecule has 0 bridgehead atoms. The minimum atomic E-state index is -0.737. The van der Waals surface area contributed by atoms with Gasteiger partial charge in [0.2, 0.25) is 11.9 Å². The van der Waals surface area contributed by atoms with E-state index in [2.05, 4.69) is 37.4 Å². The number of nitrogens with zero attached hydrogens (tertiary/aromatic N) is 5. The summed E-state index contributed by atoms with van der Waals surface area (Å²) < 4.78 is 20.1. The predicted octanol–water partition coefficient (Wildman–Crippen LogP) is 4.50. The van der Waals surface area contributed by atoms with Crippen LogP contribution in [-0.2, 0) is 16.1 Å². The second-order valence-corrected chi connectivity index (χ2v) is 12.6. The van der Waals surface area contributed by atoms with Gasteiger partial charge in [-0.3, -0.25) is 9.59 Å². The van der Waals surface area contributed by atoms with Gasteiger partial charge in [-0.2, -0.15) is 0 Å². The third-order valence-electron chi connectivity index (χ3n) is 8.99. The molecule has 2 fully saturated rings. The average Bonchev–Trinajstić information content (AvgIpc) is 3.37. The number of halogens is 2. The zero-order valence-corrected chi connectivity index (χ0v) is 26.6. The molecule has 2 amide bonds. The molecule has 0 radical (unpaired) electrons. The van der Waals surface area contributed by atoms with Gasteiger partial charge in [-0.15, -0.1) is 0 Å². The predicted molar refractivity (Wildman–Crippen MR) is 172 cm³/mol. The Balaban J connectivity index is 1.13. The molecule has 10 nitrogen and oxygen atoms in total. The van der Waals surface area contributed by atoms with E-state index in [1.54, 1.807) is 30.2 Å². The summed E-state index contributed by atoms with van der Waals surface area (Å²) in [5, 5.41) is 6.73. The summed E-state index contributed by atoms with van der Waals surface area (Å²) >= 11 is 6.50. The number of anilines is 2. The number of amides is 2. The molecule has 12 heteroatoms. The molecule has 0 aliphatic carbocycles. The van der Waals surface area contributed by atoms with E-state index in [-0.39, 0.29) is 23.7 Å². The first-order valence-electron chi connectivity index (χ1n) is 15.5. The lowest BCUT2D eigenvalue weighted by Gasteiger charge is -2.34. The number of nitrogens with one attached hydrogen (secondary N) is 2. The summed E-state index contributed by atoms with van der Waals surface area (Å²) in [5.41, 5.74) is 4.04. The number of carbonyl (C=O) groups excluding carboxylic acids is 2. The number of piperazine rings is 1. The summed E-state index contributed by atoms with van der Waals surface area (Å²) in [6, 6.07) is 9.52. The summed E-state index contributed by atoms with van der Waals surface area (Å²) in [6.45, 7) is 8.68. The van der Waals surface area contributed by atoms with E-state index >= 15 is 0 Å². The number of hydrogen-bond acceptors (Lipinski definition) is 8. The van der Waals surface area contributed by atoms with Crippen molar-refractivity contribution in [3.63, 3.8) is 0 Å². The van der Waals surface area contributed by atoms with Crippen LogP contribution in [0.3, 0.4) is 0 Å². The Kier molecular flexibility index (Phi) is 9.21. The van der Waals surface area contributed by atoms with Crippen LogP contribution in [-0.4, -0.2) is 90.1 Å². The molecule has 6 rings (SSSR count). The fourth-order valence-corrected chi connectivity index (χ4v) is 6.30. The molecule has 0 saturated carbocycles. The molecule has 2 unspecified atom stereocenters. The van der Waals surface area contributed by atoms with Gasteiger partial charge in [-0.25, -0.2) is 14.4 Å². The third-order valence-corrected chi connectivity index (χ3v) is 9.27. The summed E-state index contributed by atoms with van der Waals surface area (Å²) in [4.78, 5) is 41.9.